The van der Waals surface area contributed by atoms with Crippen molar-refractivity contribution in [3.05, 3.63) is 34.4 Å². The Morgan fingerprint density at radius 1 is 1.16 bits per heavy atom. The number of alkyl halides is 1. The Hall–Kier alpha value is -1.42. The van der Waals surface area contributed by atoms with E-state index in [9.17, 15) is 9.18 Å². The lowest BCUT2D eigenvalue weighted by molar-refractivity contribution is -0.153. The Kier molecular flexibility index (Phi) is 5.62. The molecule has 25 heavy (non-hydrogen) atoms. The van der Waals surface area contributed by atoms with Gasteiger partial charge >= 0.3 is 5.97 Å². The van der Waals surface area contributed by atoms with Gasteiger partial charge in [-0.3, -0.25) is 4.79 Å². The van der Waals surface area contributed by atoms with Crippen molar-refractivity contribution in [3.63, 3.8) is 0 Å². The fourth-order valence-corrected chi connectivity index (χ4v) is 3.18. The molecule has 0 saturated carbocycles. The fourth-order valence-electron chi connectivity index (χ4n) is 3.18. The van der Waals surface area contributed by atoms with Crippen LogP contribution < -0.4 is 0 Å². The van der Waals surface area contributed by atoms with Gasteiger partial charge in [-0.15, -0.1) is 0 Å². The molecule has 0 radical (unpaired) electrons. The van der Waals surface area contributed by atoms with Crippen molar-refractivity contribution in [2.24, 2.45) is 0 Å². The molecule has 1 aliphatic rings. The number of rotatable bonds is 5. The average molecular weight is 350 g/mol. The van der Waals surface area contributed by atoms with Crippen LogP contribution in [0.5, 0.6) is 0 Å². The average Bonchev–Trinajstić information content (AvgIpc) is 2.42. The lowest BCUT2D eigenvalue weighted by Crippen LogP contribution is -2.42. The number of carbonyl (C=O) groups excluding carboxylic acids is 1. The maximum atomic E-state index is 14.9. The van der Waals surface area contributed by atoms with Crippen LogP contribution in [0.15, 0.2) is 12.1 Å². The van der Waals surface area contributed by atoms with E-state index in [0.717, 1.165) is 16.7 Å². The molecular weight excluding hydrogens is 319 g/mol. The van der Waals surface area contributed by atoms with Gasteiger partial charge in [-0.05, 0) is 54.9 Å². The molecule has 0 bridgehead atoms. The summed E-state index contributed by atoms with van der Waals surface area (Å²) in [6, 6.07) is 3.83. The molecule has 0 amide bonds. The lowest BCUT2D eigenvalue weighted by Gasteiger charge is -2.35. The highest BCUT2D eigenvalue weighted by molar-refractivity contribution is 5.74. The van der Waals surface area contributed by atoms with Gasteiger partial charge in [0.2, 0.25) is 0 Å². The second-order valence-electron chi connectivity index (χ2n) is 8.66. The Morgan fingerprint density at radius 2 is 1.64 bits per heavy atom. The standard InChI is InChI=1S/C21H31FO3/c1-13(2)16-8-15(21(22)11-24-12-21)9-17(14(3)4)18(16)10-19(23)25-20(5,6)7/h8-9,13-14H,10-12H2,1-7H3. The normalized spacial score (nSPS) is 16.9. The van der Waals surface area contributed by atoms with Crippen molar-refractivity contribution < 1.29 is 18.7 Å². The molecule has 140 valence electrons. The second kappa shape index (κ2) is 7.06. The number of hydrogen-bond acceptors (Lipinski definition) is 3. The van der Waals surface area contributed by atoms with Crippen LogP contribution in [0.25, 0.3) is 0 Å². The topological polar surface area (TPSA) is 35.5 Å². The van der Waals surface area contributed by atoms with E-state index in [1.165, 1.54) is 0 Å². The van der Waals surface area contributed by atoms with E-state index in [0.29, 0.717) is 5.56 Å². The van der Waals surface area contributed by atoms with Crippen LogP contribution in [0.3, 0.4) is 0 Å². The predicted octanol–water partition coefficient (Wildman–Crippen LogP) is 5.01. The Morgan fingerprint density at radius 3 is 1.96 bits per heavy atom. The molecule has 1 heterocycles. The molecule has 1 fully saturated rings. The quantitative estimate of drug-likeness (QED) is 0.700. The van der Waals surface area contributed by atoms with Crippen molar-refractivity contribution in [3.8, 4) is 0 Å². The largest absolute Gasteiger partial charge is 0.460 e. The van der Waals surface area contributed by atoms with Gasteiger partial charge in [-0.1, -0.05) is 39.8 Å². The van der Waals surface area contributed by atoms with Crippen molar-refractivity contribution in [1.29, 1.82) is 0 Å². The minimum absolute atomic E-state index is 0.105. The van der Waals surface area contributed by atoms with Crippen molar-refractivity contribution in [1.82, 2.24) is 0 Å². The maximum absolute atomic E-state index is 14.9. The minimum atomic E-state index is -1.41. The molecule has 0 N–H and O–H groups in total. The summed E-state index contributed by atoms with van der Waals surface area (Å²) in [6.07, 6.45) is 0.217. The molecule has 0 aliphatic carbocycles. The molecule has 1 saturated heterocycles. The number of esters is 1. The van der Waals surface area contributed by atoms with Gasteiger partial charge in [0.1, 0.15) is 5.60 Å². The molecule has 3 nitrogen and oxygen atoms in total. The van der Waals surface area contributed by atoms with E-state index in [1.807, 2.05) is 32.9 Å². The van der Waals surface area contributed by atoms with Gasteiger partial charge in [0.05, 0.1) is 19.6 Å². The highest BCUT2D eigenvalue weighted by Gasteiger charge is 2.41. The maximum Gasteiger partial charge on any atom is 0.310 e. The highest BCUT2D eigenvalue weighted by Crippen LogP contribution is 2.39. The molecule has 0 aromatic heterocycles. The third-order valence-electron chi connectivity index (χ3n) is 4.48. The van der Waals surface area contributed by atoms with Crippen LogP contribution in [-0.2, 0) is 26.4 Å². The first-order valence-corrected chi connectivity index (χ1v) is 9.08. The third kappa shape index (κ3) is 4.60. The highest BCUT2D eigenvalue weighted by atomic mass is 19.1. The smallest absolute Gasteiger partial charge is 0.310 e. The van der Waals surface area contributed by atoms with Gasteiger partial charge in [0.15, 0.2) is 5.67 Å². The zero-order chi connectivity index (χ0) is 19.0. The molecule has 2 rings (SSSR count). The molecule has 0 spiro atoms. The fraction of sp³-hybridized carbons (Fsp3) is 0.667. The zero-order valence-electron chi connectivity index (χ0n) is 16.5. The summed E-state index contributed by atoms with van der Waals surface area (Å²) in [5, 5.41) is 0. The van der Waals surface area contributed by atoms with Gasteiger partial charge in [-0.25, -0.2) is 4.39 Å². The molecule has 0 unspecified atom stereocenters. The van der Waals surface area contributed by atoms with E-state index < -0.39 is 11.3 Å². The first-order chi connectivity index (χ1) is 11.4. The van der Waals surface area contributed by atoms with Gasteiger partial charge in [0.25, 0.3) is 0 Å². The van der Waals surface area contributed by atoms with Crippen LogP contribution >= 0.6 is 0 Å². The molecule has 1 aromatic carbocycles. The number of hydrogen-bond donors (Lipinski definition) is 0. The van der Waals surface area contributed by atoms with Crippen LogP contribution in [0.1, 0.15) is 82.6 Å². The van der Waals surface area contributed by atoms with Crippen molar-refractivity contribution in [2.75, 3.05) is 13.2 Å². The predicted molar refractivity (Wildman–Crippen MR) is 97.8 cm³/mol. The van der Waals surface area contributed by atoms with Crippen LogP contribution in [-0.4, -0.2) is 24.8 Å². The van der Waals surface area contributed by atoms with Crippen molar-refractivity contribution >= 4 is 5.97 Å². The summed E-state index contributed by atoms with van der Waals surface area (Å²) in [4.78, 5) is 12.4. The lowest BCUT2D eigenvalue weighted by atomic mass is 9.81. The molecule has 0 atom stereocenters. The van der Waals surface area contributed by atoms with E-state index in [2.05, 4.69) is 27.7 Å². The van der Waals surface area contributed by atoms with Gasteiger partial charge < -0.3 is 9.47 Å². The Labute approximate surface area is 150 Å². The molecular formula is C21H31FO3. The number of carbonyl (C=O) groups is 1. The Balaban J connectivity index is 2.47. The van der Waals surface area contributed by atoms with E-state index >= 15 is 0 Å². The molecule has 1 aliphatic heterocycles. The Bertz CT molecular complexity index is 608. The summed E-state index contributed by atoms with van der Waals surface area (Å²) >= 11 is 0. The summed E-state index contributed by atoms with van der Waals surface area (Å²) in [6.45, 7) is 14.1. The summed E-state index contributed by atoms with van der Waals surface area (Å²) < 4.78 is 25.5. The van der Waals surface area contributed by atoms with Crippen LogP contribution in [0.4, 0.5) is 4.39 Å². The molecule has 4 heteroatoms. The van der Waals surface area contributed by atoms with Gasteiger partial charge in [-0.2, -0.15) is 0 Å². The number of ether oxygens (including phenoxy) is 2. The summed E-state index contributed by atoms with van der Waals surface area (Å²) in [5.41, 5.74) is 1.77. The van der Waals surface area contributed by atoms with E-state index in [4.69, 9.17) is 9.47 Å². The van der Waals surface area contributed by atoms with Crippen LogP contribution in [0.2, 0.25) is 0 Å². The number of benzene rings is 1. The first-order valence-electron chi connectivity index (χ1n) is 9.08. The molecule has 1 aromatic rings. The van der Waals surface area contributed by atoms with Gasteiger partial charge in [0, 0.05) is 0 Å². The second-order valence-corrected chi connectivity index (χ2v) is 8.66. The first kappa shape index (κ1) is 19.9. The van der Waals surface area contributed by atoms with E-state index in [-0.39, 0.29) is 37.4 Å². The monoisotopic (exact) mass is 350 g/mol. The van der Waals surface area contributed by atoms with Crippen molar-refractivity contribution in [2.45, 2.75) is 78.0 Å². The van der Waals surface area contributed by atoms with Crippen LogP contribution in [0, 0.1) is 0 Å². The minimum Gasteiger partial charge on any atom is -0.460 e. The summed E-state index contributed by atoms with van der Waals surface area (Å²) in [7, 11) is 0. The van der Waals surface area contributed by atoms with E-state index in [1.54, 1.807) is 0 Å². The third-order valence-corrected chi connectivity index (χ3v) is 4.48. The summed E-state index contributed by atoms with van der Waals surface area (Å²) in [5.74, 6) is 0.143. The SMILES string of the molecule is CC(C)c1cc(C2(F)COC2)cc(C(C)C)c1CC(=O)OC(C)(C)C. The number of halogens is 1. The zero-order valence-corrected chi connectivity index (χ0v) is 16.5.